The second kappa shape index (κ2) is 11.3. The van der Waals surface area contributed by atoms with Gasteiger partial charge in [0.25, 0.3) is 0 Å². The molecule has 2 saturated heterocycles. The number of fused-ring (bicyclic) bond motifs is 1. The molecule has 6 rings (SSSR count). The number of carbonyl (C=O) groups excluding carboxylic acids is 1. The van der Waals surface area contributed by atoms with Crippen LogP contribution in [0.5, 0.6) is 0 Å². The molecule has 1 N–H and O–H groups in total. The average Bonchev–Trinajstić information content (AvgIpc) is 3.76. The second-order valence-corrected chi connectivity index (χ2v) is 13.1. The zero-order chi connectivity index (χ0) is 29.7. The third kappa shape index (κ3) is 5.02. The van der Waals surface area contributed by atoms with Gasteiger partial charge >= 0.3 is 0 Å². The quantitative estimate of drug-likeness (QED) is 0.322. The minimum Gasteiger partial charge on any atom is -0.389 e. The van der Waals surface area contributed by atoms with Gasteiger partial charge in [-0.3, -0.25) is 9.69 Å². The van der Waals surface area contributed by atoms with E-state index in [-0.39, 0.29) is 18.0 Å². The summed E-state index contributed by atoms with van der Waals surface area (Å²) in [6, 6.07) is 10.4. The fourth-order valence-corrected chi connectivity index (χ4v) is 7.43. The number of imidazole rings is 1. The Morgan fingerprint density at radius 2 is 1.93 bits per heavy atom. The summed E-state index contributed by atoms with van der Waals surface area (Å²) in [7, 11) is 3.97. The smallest absolute Gasteiger partial charge is 0.239 e. The number of amides is 1. The second-order valence-electron chi connectivity index (χ2n) is 11.2. The number of β-amino-alcohol motifs (C(OH)–C–C–N with tert-alkyl or cyclic N) is 1. The van der Waals surface area contributed by atoms with Crippen LogP contribution >= 0.6 is 22.7 Å². The van der Waals surface area contributed by atoms with E-state index in [0.717, 1.165) is 58.7 Å². The van der Waals surface area contributed by atoms with E-state index in [9.17, 15) is 15.2 Å². The van der Waals surface area contributed by atoms with E-state index in [1.54, 1.807) is 16.2 Å². The minimum absolute atomic E-state index is 0.0704. The number of likely N-dealkylation sites (N-methyl/N-ethyl adjacent to an activating group) is 1. The van der Waals surface area contributed by atoms with Crippen molar-refractivity contribution in [2.45, 2.75) is 51.8 Å². The summed E-state index contributed by atoms with van der Waals surface area (Å²) in [5, 5.41) is 26.1. The lowest BCUT2D eigenvalue weighted by molar-refractivity contribution is -0.146. The van der Waals surface area contributed by atoms with Crippen LogP contribution in [-0.4, -0.2) is 98.9 Å². The highest BCUT2D eigenvalue weighted by molar-refractivity contribution is 7.20. The van der Waals surface area contributed by atoms with Crippen LogP contribution < -0.4 is 9.80 Å². The Kier molecular flexibility index (Phi) is 7.65. The summed E-state index contributed by atoms with van der Waals surface area (Å²) in [6.07, 6.45) is 1.28. The van der Waals surface area contributed by atoms with E-state index in [1.807, 2.05) is 61.6 Å². The van der Waals surface area contributed by atoms with Crippen molar-refractivity contribution in [2.75, 3.05) is 50.1 Å². The fourth-order valence-electron chi connectivity index (χ4n) is 5.63. The highest BCUT2D eigenvalue weighted by Gasteiger charge is 2.37. The number of likely N-dealkylation sites (tertiary alicyclic amines) is 1. The summed E-state index contributed by atoms with van der Waals surface area (Å²) in [5.74, 6) is 0.925. The third-order valence-electron chi connectivity index (χ3n) is 8.37. The van der Waals surface area contributed by atoms with Crippen LogP contribution in [0, 0.1) is 18.3 Å². The zero-order valence-corrected chi connectivity index (χ0v) is 26.1. The van der Waals surface area contributed by atoms with Crippen molar-refractivity contribution in [1.29, 1.82) is 5.26 Å². The first-order chi connectivity index (χ1) is 20.2. The van der Waals surface area contributed by atoms with E-state index in [2.05, 4.69) is 22.8 Å². The van der Waals surface area contributed by atoms with Crippen LogP contribution in [0.2, 0.25) is 0 Å². The number of aryl methyl sites for hydroxylation is 2. The standard InChI is InChI=1S/C29H35N9O2S2/c1-6-22-25(35(5)27-32-24(23(13-30)41-27)19-9-7-17(2)8-10-19)38-28(31-22)42-29(33-38)36-12-11-20(14-36)34(4)18(3)26(40)37-15-21(39)16-37/h7-10,18,20-21,39H,6,11-12,14-16H2,1-5H3/t18?,20-/m1/s1. The van der Waals surface area contributed by atoms with Gasteiger partial charge in [0.2, 0.25) is 16.0 Å². The predicted molar refractivity (Wildman–Crippen MR) is 166 cm³/mol. The van der Waals surface area contributed by atoms with Crippen molar-refractivity contribution >= 4 is 49.6 Å². The van der Waals surface area contributed by atoms with Crippen molar-refractivity contribution in [3.05, 3.63) is 40.4 Å². The first kappa shape index (κ1) is 28.5. The molecule has 3 aromatic heterocycles. The summed E-state index contributed by atoms with van der Waals surface area (Å²) < 4.78 is 1.90. The number of benzene rings is 1. The maximum Gasteiger partial charge on any atom is 0.239 e. The SMILES string of the molecule is CCc1nc2sc(N3CC[C@@H](N(C)C(C)C(=O)N4CC(O)C4)C3)nn2c1N(C)c1nc(-c2ccc(C)cc2)c(C#N)s1. The molecule has 4 aromatic rings. The van der Waals surface area contributed by atoms with Gasteiger partial charge < -0.3 is 19.8 Å². The number of aromatic nitrogens is 4. The van der Waals surface area contributed by atoms with Crippen molar-refractivity contribution in [3.63, 3.8) is 0 Å². The monoisotopic (exact) mass is 605 g/mol. The number of aliphatic hydroxyl groups is 1. The van der Waals surface area contributed by atoms with E-state index >= 15 is 0 Å². The number of hydrogen-bond acceptors (Lipinski definition) is 11. The van der Waals surface area contributed by atoms with E-state index in [1.165, 1.54) is 11.3 Å². The molecule has 2 aliphatic heterocycles. The van der Waals surface area contributed by atoms with Crippen LogP contribution in [0.1, 0.15) is 36.4 Å². The van der Waals surface area contributed by atoms with Gasteiger partial charge in [-0.05, 0) is 33.7 Å². The number of aliphatic hydroxyl groups excluding tert-OH is 1. The topological polar surface area (TPSA) is 117 Å². The molecule has 1 amide bonds. The first-order valence-electron chi connectivity index (χ1n) is 14.2. The van der Waals surface area contributed by atoms with Crippen molar-refractivity contribution < 1.29 is 9.90 Å². The summed E-state index contributed by atoms with van der Waals surface area (Å²) in [4.78, 5) is 32.2. The van der Waals surface area contributed by atoms with Gasteiger partial charge in [-0.2, -0.15) is 9.78 Å². The average molecular weight is 606 g/mol. The molecule has 0 aliphatic carbocycles. The highest BCUT2D eigenvalue weighted by Crippen LogP contribution is 2.38. The minimum atomic E-state index is -0.395. The number of carbonyl (C=O) groups is 1. The lowest BCUT2D eigenvalue weighted by Gasteiger charge is -2.40. The Morgan fingerprint density at radius 3 is 2.60 bits per heavy atom. The van der Waals surface area contributed by atoms with Crippen LogP contribution in [0.25, 0.3) is 16.2 Å². The summed E-state index contributed by atoms with van der Waals surface area (Å²) in [5.41, 5.74) is 3.69. The number of thiazole rings is 1. The molecule has 1 unspecified atom stereocenters. The van der Waals surface area contributed by atoms with Gasteiger partial charge in [-0.25, -0.2) is 9.97 Å². The molecule has 0 spiro atoms. The van der Waals surface area contributed by atoms with Crippen LogP contribution in [-0.2, 0) is 11.2 Å². The Hall–Kier alpha value is -3.57. The number of hydrogen-bond donors (Lipinski definition) is 1. The first-order valence-corrected chi connectivity index (χ1v) is 15.9. The molecular formula is C29H35N9O2S2. The molecule has 13 heteroatoms. The Balaban J connectivity index is 1.23. The molecular weight excluding hydrogens is 571 g/mol. The van der Waals surface area contributed by atoms with E-state index in [4.69, 9.17) is 15.1 Å². The van der Waals surface area contributed by atoms with Gasteiger partial charge in [0.15, 0.2) is 10.9 Å². The number of anilines is 3. The Labute approximate surface area is 253 Å². The molecule has 2 aliphatic rings. The zero-order valence-electron chi connectivity index (χ0n) is 24.5. The molecule has 2 fully saturated rings. The molecule has 5 heterocycles. The fraction of sp³-hybridized carbons (Fsp3) is 0.483. The maximum atomic E-state index is 12.8. The third-order valence-corrected chi connectivity index (χ3v) is 10.4. The van der Waals surface area contributed by atoms with Crippen LogP contribution in [0.15, 0.2) is 24.3 Å². The highest BCUT2D eigenvalue weighted by atomic mass is 32.1. The van der Waals surface area contributed by atoms with Gasteiger partial charge in [0.05, 0.1) is 17.8 Å². The van der Waals surface area contributed by atoms with Gasteiger partial charge in [0.1, 0.15) is 16.6 Å². The normalized spacial score (nSPS) is 18.1. The number of rotatable bonds is 8. The predicted octanol–water partition coefficient (Wildman–Crippen LogP) is 3.53. The lowest BCUT2D eigenvalue weighted by atomic mass is 10.1. The summed E-state index contributed by atoms with van der Waals surface area (Å²) in [6.45, 7) is 8.54. The largest absolute Gasteiger partial charge is 0.389 e. The van der Waals surface area contributed by atoms with Crippen molar-refractivity contribution in [2.24, 2.45) is 0 Å². The van der Waals surface area contributed by atoms with Crippen molar-refractivity contribution in [3.8, 4) is 17.3 Å². The number of nitrogens with zero attached hydrogens (tertiary/aromatic N) is 9. The van der Waals surface area contributed by atoms with E-state index in [0.29, 0.717) is 28.8 Å². The molecule has 11 nitrogen and oxygen atoms in total. The van der Waals surface area contributed by atoms with Crippen LogP contribution in [0.4, 0.5) is 16.1 Å². The van der Waals surface area contributed by atoms with Crippen LogP contribution in [0.3, 0.4) is 0 Å². The number of nitriles is 1. The Morgan fingerprint density at radius 1 is 1.19 bits per heavy atom. The molecule has 1 aromatic carbocycles. The van der Waals surface area contributed by atoms with Gasteiger partial charge in [-0.15, -0.1) is 5.10 Å². The van der Waals surface area contributed by atoms with Gasteiger partial charge in [-0.1, -0.05) is 59.4 Å². The molecule has 42 heavy (non-hydrogen) atoms. The van der Waals surface area contributed by atoms with Crippen molar-refractivity contribution in [1.82, 2.24) is 29.4 Å². The molecule has 0 saturated carbocycles. The molecule has 0 bridgehead atoms. The molecule has 2 atom stereocenters. The Bertz CT molecular complexity index is 1650. The van der Waals surface area contributed by atoms with Gasteiger partial charge in [0, 0.05) is 44.8 Å². The lowest BCUT2D eigenvalue weighted by Crippen LogP contribution is -2.59. The molecule has 0 radical (unpaired) electrons. The summed E-state index contributed by atoms with van der Waals surface area (Å²) >= 11 is 2.93. The van der Waals surface area contributed by atoms with E-state index < -0.39 is 6.10 Å². The maximum absolute atomic E-state index is 12.8. The molecule has 220 valence electrons.